The molecule has 0 aromatic heterocycles. The molecule has 1 N–H and O–H groups in total. The molecule has 2 heteroatoms. The Bertz CT molecular complexity index is 112. The fourth-order valence-corrected chi connectivity index (χ4v) is 1.20. The first kappa shape index (κ1) is 11.9. The first-order valence-corrected chi connectivity index (χ1v) is 4.85. The van der Waals surface area contributed by atoms with E-state index in [0.29, 0.717) is 12.1 Å². The second-order valence-electron chi connectivity index (χ2n) is 4.03. The fourth-order valence-electron chi connectivity index (χ4n) is 1.20. The van der Waals surface area contributed by atoms with Crippen LogP contribution >= 0.6 is 0 Å². The Balaban J connectivity index is 3.64. The predicted octanol–water partition coefficient (Wildman–Crippen LogP) is 1.88. The molecule has 0 heterocycles. The lowest BCUT2D eigenvalue weighted by Gasteiger charge is -2.28. The van der Waals surface area contributed by atoms with Gasteiger partial charge >= 0.3 is 0 Å². The summed E-state index contributed by atoms with van der Waals surface area (Å²) in [6, 6.07) is 1.16. The number of aliphatic hydroxyl groups excluding tert-OH is 1. The van der Waals surface area contributed by atoms with Crippen molar-refractivity contribution in [2.75, 3.05) is 7.05 Å². The number of nitrogens with zero attached hydrogens (tertiary/aromatic N) is 1. The quantitative estimate of drug-likeness (QED) is 0.686. The van der Waals surface area contributed by atoms with Crippen LogP contribution in [0.3, 0.4) is 0 Å². The first-order chi connectivity index (χ1) is 5.45. The summed E-state index contributed by atoms with van der Waals surface area (Å²) in [5, 5.41) is 9.10. The first-order valence-electron chi connectivity index (χ1n) is 4.85. The Morgan fingerprint density at radius 3 is 1.92 bits per heavy atom. The minimum atomic E-state index is -0.159. The molecule has 2 atom stereocenters. The van der Waals surface area contributed by atoms with Crippen LogP contribution in [0.25, 0.3) is 0 Å². The van der Waals surface area contributed by atoms with E-state index in [1.165, 1.54) is 0 Å². The second-order valence-corrected chi connectivity index (χ2v) is 4.03. The van der Waals surface area contributed by atoms with Crippen LogP contribution in [-0.4, -0.2) is 35.2 Å². The van der Waals surface area contributed by atoms with Gasteiger partial charge in [0, 0.05) is 12.1 Å². The third kappa shape index (κ3) is 4.73. The van der Waals surface area contributed by atoms with Crippen molar-refractivity contribution in [3.8, 4) is 0 Å². The molecule has 0 saturated heterocycles. The summed E-state index contributed by atoms with van der Waals surface area (Å²) in [6.45, 7) is 8.45. The van der Waals surface area contributed by atoms with Gasteiger partial charge in [0.05, 0.1) is 6.10 Å². The van der Waals surface area contributed by atoms with Crippen molar-refractivity contribution in [2.45, 2.75) is 58.7 Å². The van der Waals surface area contributed by atoms with E-state index >= 15 is 0 Å². The molecule has 0 unspecified atom stereocenters. The molecular formula is C10H23NO. The van der Waals surface area contributed by atoms with E-state index in [0.717, 1.165) is 12.8 Å². The number of aliphatic hydroxyl groups is 1. The number of hydrogen-bond donors (Lipinski definition) is 1. The summed E-state index contributed by atoms with van der Waals surface area (Å²) >= 11 is 0. The SMILES string of the molecule is CC(C)N(C)[C@H](C)CC[C@@H](C)O. The maximum absolute atomic E-state index is 9.10. The molecule has 0 radical (unpaired) electrons. The molecule has 0 aliphatic heterocycles. The lowest BCUT2D eigenvalue weighted by molar-refractivity contribution is 0.146. The fraction of sp³-hybridized carbons (Fsp3) is 1.00. The highest BCUT2D eigenvalue weighted by Crippen LogP contribution is 2.09. The molecule has 0 aliphatic carbocycles. The highest BCUT2D eigenvalue weighted by molar-refractivity contribution is 4.67. The zero-order chi connectivity index (χ0) is 9.72. The van der Waals surface area contributed by atoms with E-state index in [-0.39, 0.29) is 6.10 Å². The number of rotatable bonds is 5. The van der Waals surface area contributed by atoms with Gasteiger partial charge in [-0.25, -0.2) is 0 Å². The molecule has 0 fully saturated rings. The lowest BCUT2D eigenvalue weighted by Crippen LogP contribution is -2.35. The molecule has 0 bridgehead atoms. The van der Waals surface area contributed by atoms with E-state index < -0.39 is 0 Å². The van der Waals surface area contributed by atoms with Crippen molar-refractivity contribution in [3.63, 3.8) is 0 Å². The monoisotopic (exact) mass is 173 g/mol. The van der Waals surface area contributed by atoms with E-state index in [4.69, 9.17) is 5.11 Å². The molecule has 12 heavy (non-hydrogen) atoms. The molecule has 0 amide bonds. The van der Waals surface area contributed by atoms with E-state index in [1.54, 1.807) is 0 Å². The second kappa shape index (κ2) is 5.55. The molecule has 0 spiro atoms. The molecule has 0 saturated carbocycles. The minimum absolute atomic E-state index is 0.159. The molecule has 2 nitrogen and oxygen atoms in total. The van der Waals surface area contributed by atoms with Crippen LogP contribution in [0.5, 0.6) is 0 Å². The average molecular weight is 173 g/mol. The predicted molar refractivity (Wildman–Crippen MR) is 53.3 cm³/mol. The van der Waals surface area contributed by atoms with Crippen LogP contribution in [0.2, 0.25) is 0 Å². The van der Waals surface area contributed by atoms with Crippen LogP contribution in [0.4, 0.5) is 0 Å². The zero-order valence-electron chi connectivity index (χ0n) is 9.04. The normalized spacial score (nSPS) is 17.0. The summed E-state index contributed by atoms with van der Waals surface area (Å²) in [7, 11) is 2.14. The summed E-state index contributed by atoms with van der Waals surface area (Å²) in [4.78, 5) is 2.34. The van der Waals surface area contributed by atoms with E-state index in [1.807, 2.05) is 6.92 Å². The minimum Gasteiger partial charge on any atom is -0.393 e. The van der Waals surface area contributed by atoms with Gasteiger partial charge < -0.3 is 10.0 Å². The Hall–Kier alpha value is -0.0800. The molecular weight excluding hydrogens is 150 g/mol. The van der Waals surface area contributed by atoms with Gasteiger partial charge in [0.1, 0.15) is 0 Å². The summed E-state index contributed by atoms with van der Waals surface area (Å²) in [6.07, 6.45) is 1.82. The summed E-state index contributed by atoms with van der Waals surface area (Å²) in [5.74, 6) is 0. The maximum atomic E-state index is 9.10. The molecule has 74 valence electrons. The Labute approximate surface area is 76.6 Å². The van der Waals surface area contributed by atoms with Gasteiger partial charge in [0.25, 0.3) is 0 Å². The summed E-state index contributed by atoms with van der Waals surface area (Å²) < 4.78 is 0. The van der Waals surface area contributed by atoms with Gasteiger partial charge in [-0.2, -0.15) is 0 Å². The Kier molecular flexibility index (Phi) is 5.51. The van der Waals surface area contributed by atoms with Gasteiger partial charge in [0.2, 0.25) is 0 Å². The third-order valence-electron chi connectivity index (χ3n) is 2.51. The van der Waals surface area contributed by atoms with Crippen LogP contribution in [-0.2, 0) is 0 Å². The highest BCUT2D eigenvalue weighted by Gasteiger charge is 2.12. The average Bonchev–Trinajstić information content (AvgIpc) is 1.98. The van der Waals surface area contributed by atoms with Crippen molar-refractivity contribution in [3.05, 3.63) is 0 Å². The smallest absolute Gasteiger partial charge is 0.0512 e. The van der Waals surface area contributed by atoms with Crippen LogP contribution < -0.4 is 0 Å². The Morgan fingerprint density at radius 1 is 1.08 bits per heavy atom. The standard InChI is InChI=1S/C10H23NO/c1-8(2)11(5)9(3)6-7-10(4)12/h8-10,12H,6-7H2,1-5H3/t9-,10-/m1/s1. The molecule has 0 aromatic rings. The van der Waals surface area contributed by atoms with Crippen LogP contribution in [0.1, 0.15) is 40.5 Å². The topological polar surface area (TPSA) is 23.5 Å². The van der Waals surface area contributed by atoms with E-state index in [9.17, 15) is 0 Å². The van der Waals surface area contributed by atoms with Crippen molar-refractivity contribution < 1.29 is 5.11 Å². The molecule has 0 aliphatic rings. The van der Waals surface area contributed by atoms with Crippen LogP contribution in [0.15, 0.2) is 0 Å². The van der Waals surface area contributed by atoms with Gasteiger partial charge in [0.15, 0.2) is 0 Å². The summed E-state index contributed by atoms with van der Waals surface area (Å²) in [5.41, 5.74) is 0. The van der Waals surface area contributed by atoms with Crippen molar-refractivity contribution in [1.82, 2.24) is 4.90 Å². The van der Waals surface area contributed by atoms with Crippen molar-refractivity contribution >= 4 is 0 Å². The Morgan fingerprint density at radius 2 is 1.58 bits per heavy atom. The van der Waals surface area contributed by atoms with Gasteiger partial charge in [-0.15, -0.1) is 0 Å². The van der Waals surface area contributed by atoms with Crippen molar-refractivity contribution in [1.29, 1.82) is 0 Å². The highest BCUT2D eigenvalue weighted by atomic mass is 16.3. The van der Waals surface area contributed by atoms with Gasteiger partial charge in [-0.3, -0.25) is 0 Å². The van der Waals surface area contributed by atoms with Gasteiger partial charge in [-0.05, 0) is 47.6 Å². The molecule has 0 rings (SSSR count). The zero-order valence-corrected chi connectivity index (χ0v) is 9.04. The maximum Gasteiger partial charge on any atom is 0.0512 e. The number of hydrogen-bond acceptors (Lipinski definition) is 2. The largest absolute Gasteiger partial charge is 0.393 e. The third-order valence-corrected chi connectivity index (χ3v) is 2.51. The van der Waals surface area contributed by atoms with Gasteiger partial charge in [-0.1, -0.05) is 0 Å². The van der Waals surface area contributed by atoms with Crippen LogP contribution in [0, 0.1) is 0 Å². The van der Waals surface area contributed by atoms with Crippen molar-refractivity contribution in [2.24, 2.45) is 0 Å². The molecule has 0 aromatic carbocycles. The van der Waals surface area contributed by atoms with E-state index in [2.05, 4.69) is 32.7 Å². The lowest BCUT2D eigenvalue weighted by atomic mass is 10.1.